The number of aromatic nitrogens is 1. The first-order valence-corrected chi connectivity index (χ1v) is 10.3. The Morgan fingerprint density at radius 2 is 1.67 bits per heavy atom. The summed E-state index contributed by atoms with van der Waals surface area (Å²) in [4.78, 5) is 13.2. The van der Waals surface area contributed by atoms with Crippen molar-refractivity contribution in [2.75, 3.05) is 0 Å². The van der Waals surface area contributed by atoms with E-state index >= 15 is 0 Å². The van der Waals surface area contributed by atoms with Gasteiger partial charge >= 0.3 is 0 Å². The highest BCUT2D eigenvalue weighted by atomic mass is 35.5. The number of ether oxygens (including phenoxy) is 1. The van der Waals surface area contributed by atoms with Crippen LogP contribution in [-0.4, -0.2) is 15.5 Å². The van der Waals surface area contributed by atoms with Crippen molar-refractivity contribution in [2.45, 2.75) is 26.3 Å². The fraction of sp³-hybridized carbons (Fsp3) is 0.160. The molecule has 0 aliphatic carbocycles. The van der Waals surface area contributed by atoms with Crippen molar-refractivity contribution in [2.24, 2.45) is 0 Å². The quantitative estimate of drug-likeness (QED) is 0.334. The molecule has 30 heavy (non-hydrogen) atoms. The van der Waals surface area contributed by atoms with Gasteiger partial charge in [-0.2, -0.15) is 0 Å². The maximum atomic E-state index is 13.2. The van der Waals surface area contributed by atoms with Crippen molar-refractivity contribution in [3.05, 3.63) is 89.1 Å². The smallest absolute Gasteiger partial charge is 0.209 e. The van der Waals surface area contributed by atoms with Crippen LogP contribution >= 0.6 is 11.6 Å². The molecule has 0 saturated heterocycles. The fourth-order valence-corrected chi connectivity index (χ4v) is 3.58. The Morgan fingerprint density at radius 3 is 2.37 bits per heavy atom. The molecule has 152 valence electrons. The molecule has 4 aromatic rings. The first kappa shape index (κ1) is 20.0. The van der Waals surface area contributed by atoms with Gasteiger partial charge in [0.25, 0.3) is 0 Å². The molecule has 5 heteroatoms. The number of hydrogen-bond donors (Lipinski definition) is 1. The van der Waals surface area contributed by atoms with Crippen molar-refractivity contribution >= 4 is 28.3 Å². The lowest BCUT2D eigenvalue weighted by atomic mass is 10.1. The van der Waals surface area contributed by atoms with Gasteiger partial charge in [-0.3, -0.25) is 4.79 Å². The van der Waals surface area contributed by atoms with Crippen LogP contribution in [0.4, 0.5) is 0 Å². The van der Waals surface area contributed by atoms with Gasteiger partial charge in [0, 0.05) is 28.0 Å². The number of phenols is 1. The van der Waals surface area contributed by atoms with Crippen LogP contribution in [0.25, 0.3) is 10.9 Å². The molecule has 0 bridgehead atoms. The molecule has 0 fully saturated rings. The number of phenolic OH excluding ortho intramolecular Hbond substituents is 1. The van der Waals surface area contributed by atoms with Crippen molar-refractivity contribution < 1.29 is 14.6 Å². The topological polar surface area (TPSA) is 51.5 Å². The third kappa shape index (κ3) is 4.19. The van der Waals surface area contributed by atoms with Crippen molar-refractivity contribution in [1.82, 2.24) is 4.57 Å². The zero-order valence-electron chi connectivity index (χ0n) is 16.6. The summed E-state index contributed by atoms with van der Waals surface area (Å²) in [6.07, 6.45) is 2.01. The lowest BCUT2D eigenvalue weighted by molar-refractivity contribution is 0.103. The van der Waals surface area contributed by atoms with Gasteiger partial charge in [0.2, 0.25) is 5.78 Å². The summed E-state index contributed by atoms with van der Waals surface area (Å²) in [5, 5.41) is 11.1. The molecule has 4 rings (SSSR count). The Labute approximate surface area is 180 Å². The van der Waals surface area contributed by atoms with E-state index in [0.717, 1.165) is 30.3 Å². The van der Waals surface area contributed by atoms with E-state index in [1.807, 2.05) is 36.4 Å². The number of halogens is 1. The number of hydrogen-bond acceptors (Lipinski definition) is 3. The second-order valence-corrected chi connectivity index (χ2v) is 7.62. The van der Waals surface area contributed by atoms with E-state index in [1.165, 1.54) is 12.1 Å². The number of ketones is 1. The van der Waals surface area contributed by atoms with E-state index in [9.17, 15) is 9.90 Å². The average molecular weight is 420 g/mol. The van der Waals surface area contributed by atoms with Crippen LogP contribution in [0.1, 0.15) is 35.8 Å². The second-order valence-electron chi connectivity index (χ2n) is 7.19. The molecule has 0 aliphatic rings. The van der Waals surface area contributed by atoms with Gasteiger partial charge in [-0.25, -0.2) is 0 Å². The molecule has 0 amide bonds. The van der Waals surface area contributed by atoms with Crippen LogP contribution < -0.4 is 4.74 Å². The number of unbranched alkanes of at least 4 members (excludes halogenated alkanes) is 1. The molecule has 0 atom stereocenters. The third-order valence-electron chi connectivity index (χ3n) is 5.02. The molecule has 0 radical (unpaired) electrons. The number of benzene rings is 3. The van der Waals surface area contributed by atoms with Gasteiger partial charge in [-0.1, -0.05) is 24.9 Å². The van der Waals surface area contributed by atoms with Crippen LogP contribution in [0.15, 0.2) is 72.8 Å². The number of carbonyl (C=O) groups is 1. The predicted molar refractivity (Wildman–Crippen MR) is 120 cm³/mol. The first-order valence-electron chi connectivity index (χ1n) is 9.95. The minimum absolute atomic E-state index is 0.0672. The molecular formula is C25H22ClNO3. The average Bonchev–Trinajstić information content (AvgIpc) is 3.11. The number of aromatic hydroxyl groups is 1. The lowest BCUT2D eigenvalue weighted by Gasteiger charge is -2.10. The van der Waals surface area contributed by atoms with E-state index in [2.05, 4.69) is 11.5 Å². The van der Waals surface area contributed by atoms with Gasteiger partial charge in [-0.05, 0) is 79.2 Å². The van der Waals surface area contributed by atoms with Crippen molar-refractivity contribution in [3.8, 4) is 17.2 Å². The minimum Gasteiger partial charge on any atom is -0.508 e. The van der Waals surface area contributed by atoms with Crippen LogP contribution in [0.3, 0.4) is 0 Å². The summed E-state index contributed by atoms with van der Waals surface area (Å²) in [7, 11) is 0. The Kier molecular flexibility index (Phi) is 5.77. The van der Waals surface area contributed by atoms with Gasteiger partial charge in [0.15, 0.2) is 0 Å². The van der Waals surface area contributed by atoms with Crippen LogP contribution in [-0.2, 0) is 6.54 Å². The summed E-state index contributed by atoms with van der Waals surface area (Å²) >= 11 is 5.94. The summed E-state index contributed by atoms with van der Waals surface area (Å²) in [6, 6.07) is 21.3. The summed E-state index contributed by atoms with van der Waals surface area (Å²) < 4.78 is 8.02. The van der Waals surface area contributed by atoms with E-state index in [1.54, 1.807) is 24.3 Å². The summed E-state index contributed by atoms with van der Waals surface area (Å²) in [5.74, 6) is 1.47. The van der Waals surface area contributed by atoms with Crippen LogP contribution in [0, 0.1) is 0 Å². The molecule has 1 heterocycles. The Hall–Kier alpha value is -3.24. The standard InChI is InChI=1S/C25H22ClNO3/c1-2-3-14-27-23-13-12-22(30-21-10-6-19(26)7-11-21)15-18(23)16-24(27)25(29)17-4-8-20(28)9-5-17/h4-13,15-16,28H,2-3,14H2,1H3. The molecule has 1 N–H and O–H groups in total. The highest BCUT2D eigenvalue weighted by Crippen LogP contribution is 2.30. The molecule has 3 aromatic carbocycles. The van der Waals surface area contributed by atoms with Gasteiger partial charge in [-0.15, -0.1) is 0 Å². The Balaban J connectivity index is 1.72. The van der Waals surface area contributed by atoms with E-state index in [-0.39, 0.29) is 11.5 Å². The summed E-state index contributed by atoms with van der Waals surface area (Å²) in [6.45, 7) is 2.89. The molecule has 0 unspecified atom stereocenters. The molecule has 4 nitrogen and oxygen atoms in total. The SMILES string of the molecule is CCCCn1c(C(=O)c2ccc(O)cc2)cc2cc(Oc3ccc(Cl)cc3)ccc21. The van der Waals surface area contributed by atoms with Crippen molar-refractivity contribution in [1.29, 1.82) is 0 Å². The maximum absolute atomic E-state index is 13.2. The molecule has 0 saturated carbocycles. The minimum atomic E-state index is -0.0672. The van der Waals surface area contributed by atoms with Crippen LogP contribution in [0.2, 0.25) is 5.02 Å². The Bertz CT molecular complexity index is 1180. The summed E-state index contributed by atoms with van der Waals surface area (Å²) in [5.41, 5.74) is 2.17. The normalized spacial score (nSPS) is 11.0. The molecule has 0 spiro atoms. The zero-order chi connectivity index (χ0) is 21.1. The molecule has 1 aromatic heterocycles. The van der Waals surface area contributed by atoms with E-state index in [4.69, 9.17) is 16.3 Å². The van der Waals surface area contributed by atoms with E-state index in [0.29, 0.717) is 27.8 Å². The predicted octanol–water partition coefficient (Wildman–Crippen LogP) is 6.82. The first-order chi connectivity index (χ1) is 14.5. The third-order valence-corrected chi connectivity index (χ3v) is 5.27. The maximum Gasteiger partial charge on any atom is 0.209 e. The van der Waals surface area contributed by atoms with E-state index < -0.39 is 0 Å². The second kappa shape index (κ2) is 8.64. The Morgan fingerprint density at radius 1 is 0.967 bits per heavy atom. The van der Waals surface area contributed by atoms with Gasteiger partial charge in [0.05, 0.1) is 5.69 Å². The number of carbonyl (C=O) groups excluding carboxylic acids is 1. The number of rotatable bonds is 7. The fourth-order valence-electron chi connectivity index (χ4n) is 3.46. The number of fused-ring (bicyclic) bond motifs is 1. The lowest BCUT2D eigenvalue weighted by Crippen LogP contribution is -2.10. The van der Waals surface area contributed by atoms with Gasteiger partial charge < -0.3 is 14.4 Å². The number of nitrogens with zero attached hydrogens (tertiary/aromatic N) is 1. The zero-order valence-corrected chi connectivity index (χ0v) is 17.4. The highest BCUT2D eigenvalue weighted by molar-refractivity contribution is 6.30. The largest absolute Gasteiger partial charge is 0.508 e. The van der Waals surface area contributed by atoms with Gasteiger partial charge in [0.1, 0.15) is 17.2 Å². The molecule has 0 aliphatic heterocycles. The number of aryl methyl sites for hydroxylation is 1. The monoisotopic (exact) mass is 419 g/mol. The highest BCUT2D eigenvalue weighted by Gasteiger charge is 2.18. The van der Waals surface area contributed by atoms with Crippen LogP contribution in [0.5, 0.6) is 17.2 Å². The molecular weight excluding hydrogens is 398 g/mol. The van der Waals surface area contributed by atoms with Crippen molar-refractivity contribution in [3.63, 3.8) is 0 Å².